The molecule has 3 aromatic rings. The Kier molecular flexibility index (Phi) is 8.36. The number of aliphatic imine (C=N–C) groups is 1. The Morgan fingerprint density at radius 1 is 0.946 bits per heavy atom. The summed E-state index contributed by atoms with van der Waals surface area (Å²) in [5, 5.41) is 0. The van der Waals surface area contributed by atoms with Gasteiger partial charge in [0.05, 0.1) is 18.8 Å². The maximum atomic E-state index is 12.6. The van der Waals surface area contributed by atoms with Crippen LogP contribution in [0.3, 0.4) is 0 Å². The van der Waals surface area contributed by atoms with Gasteiger partial charge in [-0.25, -0.2) is 14.6 Å². The van der Waals surface area contributed by atoms with Gasteiger partial charge in [0.25, 0.3) is 0 Å². The van der Waals surface area contributed by atoms with Crippen molar-refractivity contribution in [2.75, 3.05) is 13.2 Å². The van der Waals surface area contributed by atoms with Crippen molar-refractivity contribution in [3.8, 4) is 17.2 Å². The SMILES string of the molecule is CCCCOc1ccc(C2=N/C(=C\c3ccc(OC(=O)c4ccc(C)cc4)c(OCC)c3)C(=O)O2)cc1. The van der Waals surface area contributed by atoms with Gasteiger partial charge in [-0.1, -0.05) is 37.1 Å². The first-order valence-electron chi connectivity index (χ1n) is 12.3. The van der Waals surface area contributed by atoms with Crippen LogP contribution < -0.4 is 14.2 Å². The van der Waals surface area contributed by atoms with E-state index >= 15 is 0 Å². The van der Waals surface area contributed by atoms with Crippen LogP contribution in [0, 0.1) is 6.92 Å². The number of nitrogens with zero attached hydrogens (tertiary/aromatic N) is 1. The van der Waals surface area contributed by atoms with E-state index < -0.39 is 11.9 Å². The maximum Gasteiger partial charge on any atom is 0.363 e. The number of aryl methyl sites for hydroxylation is 1. The molecule has 37 heavy (non-hydrogen) atoms. The van der Waals surface area contributed by atoms with Crippen LogP contribution in [-0.4, -0.2) is 31.1 Å². The zero-order valence-corrected chi connectivity index (χ0v) is 21.2. The topological polar surface area (TPSA) is 83.4 Å². The van der Waals surface area contributed by atoms with Crippen LogP contribution in [0.4, 0.5) is 0 Å². The summed E-state index contributed by atoms with van der Waals surface area (Å²) < 4.78 is 22.3. The third kappa shape index (κ3) is 6.64. The second-order valence-corrected chi connectivity index (χ2v) is 8.46. The van der Waals surface area contributed by atoms with E-state index in [0.29, 0.717) is 35.7 Å². The maximum absolute atomic E-state index is 12.6. The van der Waals surface area contributed by atoms with Gasteiger partial charge < -0.3 is 18.9 Å². The summed E-state index contributed by atoms with van der Waals surface area (Å²) in [5.41, 5.74) is 2.97. The highest BCUT2D eigenvalue weighted by atomic mass is 16.6. The Morgan fingerprint density at radius 2 is 1.70 bits per heavy atom. The summed E-state index contributed by atoms with van der Waals surface area (Å²) in [6, 6.07) is 19.4. The van der Waals surface area contributed by atoms with Crippen molar-refractivity contribution in [1.29, 1.82) is 0 Å². The van der Waals surface area contributed by atoms with Crippen LogP contribution in [0.25, 0.3) is 6.08 Å². The third-order valence-electron chi connectivity index (χ3n) is 5.55. The lowest BCUT2D eigenvalue weighted by molar-refractivity contribution is -0.129. The van der Waals surface area contributed by atoms with Gasteiger partial charge in [0.15, 0.2) is 17.2 Å². The number of carbonyl (C=O) groups excluding carboxylic acids is 2. The first-order chi connectivity index (χ1) is 18.0. The Labute approximate surface area is 216 Å². The highest BCUT2D eigenvalue weighted by Crippen LogP contribution is 2.31. The summed E-state index contributed by atoms with van der Waals surface area (Å²) >= 11 is 0. The predicted octanol–water partition coefficient (Wildman–Crippen LogP) is 6.14. The number of rotatable bonds is 10. The zero-order valence-electron chi connectivity index (χ0n) is 21.2. The van der Waals surface area contributed by atoms with Gasteiger partial charge in [-0.15, -0.1) is 0 Å². The standard InChI is InChI=1S/C30H29NO6/c1-4-6-17-35-24-14-12-22(13-15-24)28-31-25(30(33)37-28)18-21-9-16-26(27(19-21)34-5-2)36-29(32)23-10-7-20(3)8-11-23/h7-16,18-19H,4-6,17H2,1-3H3/b25-18-. The van der Waals surface area contributed by atoms with Crippen molar-refractivity contribution < 1.29 is 28.5 Å². The number of unbranched alkanes of at least 4 members (excludes halogenated alkanes) is 1. The van der Waals surface area contributed by atoms with E-state index in [4.69, 9.17) is 18.9 Å². The molecule has 0 unspecified atom stereocenters. The Bertz CT molecular complexity index is 1320. The second-order valence-electron chi connectivity index (χ2n) is 8.46. The van der Waals surface area contributed by atoms with Gasteiger partial charge in [0.2, 0.25) is 5.90 Å². The van der Waals surface area contributed by atoms with Gasteiger partial charge in [0, 0.05) is 5.56 Å². The van der Waals surface area contributed by atoms with Crippen LogP contribution in [0.15, 0.2) is 77.4 Å². The summed E-state index contributed by atoms with van der Waals surface area (Å²) in [7, 11) is 0. The number of benzene rings is 3. The van der Waals surface area contributed by atoms with Crippen LogP contribution in [-0.2, 0) is 9.53 Å². The van der Waals surface area contributed by atoms with Gasteiger partial charge in [0.1, 0.15) is 5.75 Å². The predicted molar refractivity (Wildman–Crippen MR) is 141 cm³/mol. The minimum atomic E-state index is -0.550. The Hall–Kier alpha value is -4.39. The van der Waals surface area contributed by atoms with E-state index in [1.165, 1.54) is 0 Å². The molecule has 0 N–H and O–H groups in total. The largest absolute Gasteiger partial charge is 0.494 e. The molecule has 0 atom stereocenters. The minimum Gasteiger partial charge on any atom is -0.494 e. The lowest BCUT2D eigenvalue weighted by Gasteiger charge is -2.11. The number of esters is 2. The number of ether oxygens (including phenoxy) is 4. The molecule has 3 aromatic carbocycles. The van der Waals surface area contributed by atoms with E-state index in [-0.39, 0.29) is 17.3 Å². The van der Waals surface area contributed by atoms with E-state index in [1.807, 2.05) is 38.1 Å². The van der Waals surface area contributed by atoms with E-state index in [2.05, 4.69) is 11.9 Å². The number of carbonyl (C=O) groups is 2. The van der Waals surface area contributed by atoms with Gasteiger partial charge >= 0.3 is 11.9 Å². The third-order valence-corrected chi connectivity index (χ3v) is 5.55. The normalized spacial score (nSPS) is 13.8. The van der Waals surface area contributed by atoms with E-state index in [1.54, 1.807) is 48.5 Å². The van der Waals surface area contributed by atoms with Gasteiger partial charge in [-0.2, -0.15) is 0 Å². The molecule has 4 rings (SSSR count). The van der Waals surface area contributed by atoms with Crippen molar-refractivity contribution in [2.24, 2.45) is 4.99 Å². The fourth-order valence-electron chi connectivity index (χ4n) is 3.53. The fourth-order valence-corrected chi connectivity index (χ4v) is 3.53. The average molecular weight is 500 g/mol. The first kappa shape index (κ1) is 25.7. The lowest BCUT2D eigenvalue weighted by Crippen LogP contribution is -2.09. The van der Waals surface area contributed by atoms with Crippen molar-refractivity contribution in [3.63, 3.8) is 0 Å². The van der Waals surface area contributed by atoms with Crippen molar-refractivity contribution >= 4 is 23.9 Å². The lowest BCUT2D eigenvalue weighted by atomic mass is 10.1. The van der Waals surface area contributed by atoms with E-state index in [0.717, 1.165) is 24.2 Å². The molecule has 0 amide bonds. The van der Waals surface area contributed by atoms with Gasteiger partial charge in [-0.05, 0) is 80.4 Å². The molecule has 0 radical (unpaired) electrons. The molecule has 7 nitrogen and oxygen atoms in total. The monoisotopic (exact) mass is 499 g/mol. The van der Waals surface area contributed by atoms with Crippen LogP contribution in [0.5, 0.6) is 17.2 Å². The molecule has 0 saturated carbocycles. The molecule has 7 heteroatoms. The molecule has 0 aliphatic carbocycles. The Balaban J connectivity index is 1.51. The van der Waals surface area contributed by atoms with Crippen molar-refractivity contribution in [2.45, 2.75) is 33.6 Å². The summed E-state index contributed by atoms with van der Waals surface area (Å²) in [5.74, 6) is 0.614. The molecule has 0 saturated heterocycles. The fraction of sp³-hybridized carbons (Fsp3) is 0.233. The Morgan fingerprint density at radius 3 is 2.41 bits per heavy atom. The number of hydrogen-bond donors (Lipinski definition) is 0. The molecule has 1 aliphatic rings. The van der Waals surface area contributed by atoms with E-state index in [9.17, 15) is 9.59 Å². The molecule has 190 valence electrons. The summed E-state index contributed by atoms with van der Waals surface area (Å²) in [6.07, 6.45) is 3.65. The minimum absolute atomic E-state index is 0.158. The first-order valence-corrected chi connectivity index (χ1v) is 12.3. The molecule has 1 aliphatic heterocycles. The summed E-state index contributed by atoms with van der Waals surface area (Å²) in [6.45, 7) is 6.92. The van der Waals surface area contributed by atoms with Crippen LogP contribution in [0.2, 0.25) is 0 Å². The quantitative estimate of drug-likeness (QED) is 0.144. The highest BCUT2D eigenvalue weighted by Gasteiger charge is 2.24. The molecular formula is C30H29NO6. The molecule has 0 bridgehead atoms. The molecule has 0 spiro atoms. The van der Waals surface area contributed by atoms with Crippen molar-refractivity contribution in [1.82, 2.24) is 0 Å². The molecule has 0 fully saturated rings. The molecular weight excluding hydrogens is 470 g/mol. The number of cyclic esters (lactones) is 1. The smallest absolute Gasteiger partial charge is 0.363 e. The van der Waals surface area contributed by atoms with Crippen molar-refractivity contribution in [3.05, 3.63) is 94.7 Å². The van der Waals surface area contributed by atoms with Gasteiger partial charge in [-0.3, -0.25) is 0 Å². The highest BCUT2D eigenvalue weighted by molar-refractivity contribution is 6.12. The van der Waals surface area contributed by atoms with Crippen LogP contribution in [0.1, 0.15) is 53.7 Å². The summed E-state index contributed by atoms with van der Waals surface area (Å²) in [4.78, 5) is 29.4. The zero-order chi connectivity index (χ0) is 26.2. The number of hydrogen-bond acceptors (Lipinski definition) is 7. The van der Waals surface area contributed by atoms with Crippen LogP contribution >= 0.6 is 0 Å². The second kappa shape index (κ2) is 12.0. The average Bonchev–Trinajstić information content (AvgIpc) is 3.26. The molecule has 0 aromatic heterocycles. The molecule has 1 heterocycles.